The number of aliphatic imine (C=N–C) groups is 1. The molecule has 0 heterocycles. The SMILES string of the molecule is C=CCNC(=NC)NCCCC(=O)OCC. The summed E-state index contributed by atoms with van der Waals surface area (Å²) in [5.74, 6) is 0.557. The van der Waals surface area contributed by atoms with Crippen molar-refractivity contribution in [3.8, 4) is 0 Å². The molecule has 5 nitrogen and oxygen atoms in total. The van der Waals surface area contributed by atoms with Crippen molar-refractivity contribution in [2.75, 3.05) is 26.7 Å². The molecule has 0 aromatic rings. The molecule has 0 aliphatic rings. The summed E-state index contributed by atoms with van der Waals surface area (Å²) in [4.78, 5) is 15.0. The van der Waals surface area contributed by atoms with Gasteiger partial charge in [0.15, 0.2) is 5.96 Å². The molecule has 0 saturated heterocycles. The molecule has 0 saturated carbocycles. The normalized spacial score (nSPS) is 10.8. The number of ether oxygens (including phenoxy) is 1. The standard InChI is InChI=1S/C11H21N3O2/c1-4-8-13-11(12-3)14-9-6-7-10(15)16-5-2/h4H,1,5-9H2,2-3H3,(H2,12,13,14). The maximum atomic E-state index is 11.0. The van der Waals surface area contributed by atoms with E-state index in [0.29, 0.717) is 32.1 Å². The highest BCUT2D eigenvalue weighted by Crippen LogP contribution is 1.91. The number of guanidine groups is 1. The molecule has 0 aromatic heterocycles. The number of nitrogens with zero attached hydrogens (tertiary/aromatic N) is 1. The summed E-state index contributed by atoms with van der Waals surface area (Å²) in [5, 5.41) is 6.12. The Hall–Kier alpha value is -1.52. The van der Waals surface area contributed by atoms with Gasteiger partial charge in [0.2, 0.25) is 0 Å². The van der Waals surface area contributed by atoms with Crippen LogP contribution in [0.3, 0.4) is 0 Å². The Morgan fingerprint density at radius 1 is 1.50 bits per heavy atom. The van der Waals surface area contributed by atoms with E-state index < -0.39 is 0 Å². The van der Waals surface area contributed by atoms with E-state index in [1.165, 1.54) is 0 Å². The monoisotopic (exact) mass is 227 g/mol. The van der Waals surface area contributed by atoms with Crippen LogP contribution < -0.4 is 10.6 Å². The molecule has 0 radical (unpaired) electrons. The van der Waals surface area contributed by atoms with Crippen molar-refractivity contribution in [1.29, 1.82) is 0 Å². The van der Waals surface area contributed by atoms with Crippen molar-refractivity contribution in [3.63, 3.8) is 0 Å². The second kappa shape index (κ2) is 10.0. The predicted molar refractivity (Wildman–Crippen MR) is 65.4 cm³/mol. The van der Waals surface area contributed by atoms with Crippen LogP contribution in [-0.4, -0.2) is 38.7 Å². The molecule has 16 heavy (non-hydrogen) atoms. The number of hydrogen-bond acceptors (Lipinski definition) is 3. The molecule has 0 unspecified atom stereocenters. The van der Waals surface area contributed by atoms with Gasteiger partial charge in [-0.25, -0.2) is 0 Å². The van der Waals surface area contributed by atoms with Crippen LogP contribution in [-0.2, 0) is 9.53 Å². The Morgan fingerprint density at radius 3 is 2.81 bits per heavy atom. The molecule has 0 fully saturated rings. The fraction of sp³-hybridized carbons (Fsp3) is 0.636. The Balaban J connectivity index is 3.55. The molecule has 0 amide bonds. The topological polar surface area (TPSA) is 62.7 Å². The summed E-state index contributed by atoms with van der Waals surface area (Å²) < 4.78 is 4.81. The molecule has 0 spiro atoms. The van der Waals surface area contributed by atoms with Crippen molar-refractivity contribution in [1.82, 2.24) is 10.6 Å². The van der Waals surface area contributed by atoms with E-state index in [4.69, 9.17) is 4.74 Å². The first-order valence-electron chi connectivity index (χ1n) is 5.45. The number of carbonyl (C=O) groups excluding carboxylic acids is 1. The lowest BCUT2D eigenvalue weighted by molar-refractivity contribution is -0.143. The highest BCUT2D eigenvalue weighted by atomic mass is 16.5. The van der Waals surface area contributed by atoms with Crippen LogP contribution in [0.5, 0.6) is 0 Å². The highest BCUT2D eigenvalue weighted by molar-refractivity contribution is 5.79. The number of esters is 1. The van der Waals surface area contributed by atoms with Gasteiger partial charge in [-0.15, -0.1) is 6.58 Å². The average molecular weight is 227 g/mol. The zero-order valence-electron chi connectivity index (χ0n) is 10.1. The lowest BCUT2D eigenvalue weighted by Gasteiger charge is -2.09. The number of hydrogen-bond donors (Lipinski definition) is 2. The smallest absolute Gasteiger partial charge is 0.305 e. The molecule has 0 aliphatic heterocycles. The Bertz CT molecular complexity index is 239. The first-order chi connectivity index (χ1) is 7.74. The first-order valence-corrected chi connectivity index (χ1v) is 5.45. The Morgan fingerprint density at radius 2 is 2.25 bits per heavy atom. The molecule has 92 valence electrons. The minimum absolute atomic E-state index is 0.154. The van der Waals surface area contributed by atoms with Crippen LogP contribution in [0.1, 0.15) is 19.8 Å². The van der Waals surface area contributed by atoms with Crippen molar-refractivity contribution >= 4 is 11.9 Å². The summed E-state index contributed by atoms with van der Waals surface area (Å²) in [5.41, 5.74) is 0. The van der Waals surface area contributed by atoms with E-state index >= 15 is 0 Å². The zero-order chi connectivity index (χ0) is 12.2. The van der Waals surface area contributed by atoms with Crippen LogP contribution in [0.2, 0.25) is 0 Å². The van der Waals surface area contributed by atoms with Crippen LogP contribution in [0, 0.1) is 0 Å². The second-order valence-electron chi connectivity index (χ2n) is 3.08. The quantitative estimate of drug-likeness (QED) is 0.221. The molecule has 0 aromatic carbocycles. The number of carbonyl (C=O) groups is 1. The lowest BCUT2D eigenvalue weighted by atomic mass is 10.3. The van der Waals surface area contributed by atoms with E-state index in [1.807, 2.05) is 0 Å². The second-order valence-corrected chi connectivity index (χ2v) is 3.08. The maximum absolute atomic E-state index is 11.0. The van der Waals surface area contributed by atoms with Gasteiger partial charge < -0.3 is 15.4 Å². The number of rotatable bonds is 7. The largest absolute Gasteiger partial charge is 0.466 e. The van der Waals surface area contributed by atoms with Gasteiger partial charge >= 0.3 is 5.97 Å². The zero-order valence-corrected chi connectivity index (χ0v) is 10.1. The number of nitrogens with one attached hydrogen (secondary N) is 2. The van der Waals surface area contributed by atoms with Crippen molar-refractivity contribution in [2.24, 2.45) is 4.99 Å². The third kappa shape index (κ3) is 7.84. The van der Waals surface area contributed by atoms with Gasteiger partial charge in [0.25, 0.3) is 0 Å². The van der Waals surface area contributed by atoms with Gasteiger partial charge in [0.1, 0.15) is 0 Å². The fourth-order valence-electron chi connectivity index (χ4n) is 1.06. The van der Waals surface area contributed by atoms with Crippen molar-refractivity contribution in [3.05, 3.63) is 12.7 Å². The third-order valence-corrected chi connectivity index (χ3v) is 1.79. The predicted octanol–water partition coefficient (Wildman–Crippen LogP) is 0.681. The lowest BCUT2D eigenvalue weighted by Crippen LogP contribution is -2.37. The molecular weight excluding hydrogens is 206 g/mol. The van der Waals surface area contributed by atoms with E-state index in [-0.39, 0.29) is 5.97 Å². The molecule has 0 bridgehead atoms. The Labute approximate surface area is 97.0 Å². The minimum Gasteiger partial charge on any atom is -0.466 e. The van der Waals surface area contributed by atoms with Gasteiger partial charge in [0, 0.05) is 26.6 Å². The van der Waals surface area contributed by atoms with Gasteiger partial charge in [-0.2, -0.15) is 0 Å². The molecule has 0 rings (SSSR count). The summed E-state index contributed by atoms with van der Waals surface area (Å²) in [6, 6.07) is 0. The Kier molecular flexibility index (Phi) is 9.06. The summed E-state index contributed by atoms with van der Waals surface area (Å²) >= 11 is 0. The fourth-order valence-corrected chi connectivity index (χ4v) is 1.06. The molecule has 0 atom stereocenters. The van der Waals surface area contributed by atoms with E-state index in [9.17, 15) is 4.79 Å². The van der Waals surface area contributed by atoms with Crippen molar-refractivity contribution < 1.29 is 9.53 Å². The third-order valence-electron chi connectivity index (χ3n) is 1.79. The van der Waals surface area contributed by atoms with Gasteiger partial charge in [-0.3, -0.25) is 9.79 Å². The minimum atomic E-state index is -0.154. The van der Waals surface area contributed by atoms with Crippen LogP contribution in [0.4, 0.5) is 0 Å². The molecule has 2 N–H and O–H groups in total. The van der Waals surface area contributed by atoms with E-state index in [1.54, 1.807) is 20.0 Å². The first kappa shape index (κ1) is 14.5. The summed E-state index contributed by atoms with van der Waals surface area (Å²) in [6.45, 7) is 7.20. The summed E-state index contributed by atoms with van der Waals surface area (Å²) in [6.07, 6.45) is 2.92. The van der Waals surface area contributed by atoms with Gasteiger partial charge in [-0.1, -0.05) is 6.08 Å². The highest BCUT2D eigenvalue weighted by Gasteiger charge is 2.01. The van der Waals surface area contributed by atoms with Gasteiger partial charge in [0.05, 0.1) is 6.61 Å². The summed E-state index contributed by atoms with van der Waals surface area (Å²) in [7, 11) is 1.70. The van der Waals surface area contributed by atoms with E-state index in [0.717, 1.165) is 6.42 Å². The van der Waals surface area contributed by atoms with Crippen LogP contribution >= 0.6 is 0 Å². The van der Waals surface area contributed by atoms with Crippen LogP contribution in [0.15, 0.2) is 17.6 Å². The van der Waals surface area contributed by atoms with E-state index in [2.05, 4.69) is 22.2 Å². The molecule has 0 aliphatic carbocycles. The van der Waals surface area contributed by atoms with Gasteiger partial charge in [-0.05, 0) is 13.3 Å². The average Bonchev–Trinajstić information content (AvgIpc) is 2.28. The molecular formula is C11H21N3O2. The maximum Gasteiger partial charge on any atom is 0.305 e. The molecule has 5 heteroatoms. The van der Waals surface area contributed by atoms with Crippen LogP contribution in [0.25, 0.3) is 0 Å². The van der Waals surface area contributed by atoms with Crippen molar-refractivity contribution in [2.45, 2.75) is 19.8 Å².